The number of carbonyl (C=O) groups is 2. The van der Waals surface area contributed by atoms with E-state index in [4.69, 9.17) is 4.74 Å². The van der Waals surface area contributed by atoms with E-state index in [1.54, 1.807) is 48.7 Å². The minimum absolute atomic E-state index is 0.0968. The minimum Gasteiger partial charge on any atom is -0.444 e. The first-order valence-corrected chi connectivity index (χ1v) is 17.2. The zero-order valence-corrected chi connectivity index (χ0v) is 27.7. The third-order valence-corrected chi connectivity index (χ3v) is 9.61. The van der Waals surface area contributed by atoms with Crippen LogP contribution in [-0.2, 0) is 19.6 Å². The fourth-order valence-electron chi connectivity index (χ4n) is 5.72. The van der Waals surface area contributed by atoms with Crippen LogP contribution in [0.25, 0.3) is 22.3 Å². The lowest BCUT2D eigenvalue weighted by molar-refractivity contribution is -0.121. The molecule has 13 heteroatoms. The Morgan fingerprint density at radius 1 is 0.917 bits per heavy atom. The number of nitrogens with zero attached hydrogens (tertiary/aromatic N) is 4. The third-order valence-electron chi connectivity index (χ3n) is 7.92. The van der Waals surface area contributed by atoms with Gasteiger partial charge in [-0.25, -0.2) is 32.1 Å². The molecule has 0 radical (unpaired) electrons. The van der Waals surface area contributed by atoms with Gasteiger partial charge in [0.05, 0.1) is 10.6 Å². The van der Waals surface area contributed by atoms with Gasteiger partial charge in [-0.15, -0.1) is 0 Å². The van der Waals surface area contributed by atoms with Crippen LogP contribution in [-0.4, -0.2) is 51.0 Å². The number of amides is 2. The summed E-state index contributed by atoms with van der Waals surface area (Å²) in [5.41, 5.74) is 2.36. The predicted molar refractivity (Wildman–Crippen MR) is 183 cm³/mol. The van der Waals surface area contributed by atoms with Crippen LogP contribution in [0.4, 0.5) is 22.0 Å². The molecule has 0 bridgehead atoms. The molecule has 6 rings (SSSR count). The van der Waals surface area contributed by atoms with Gasteiger partial charge in [0.25, 0.3) is 10.0 Å². The van der Waals surface area contributed by atoms with E-state index in [1.807, 2.05) is 51.1 Å². The summed E-state index contributed by atoms with van der Waals surface area (Å²) in [5, 5.41) is 9.84. The molecule has 1 saturated carbocycles. The summed E-state index contributed by atoms with van der Waals surface area (Å²) >= 11 is 0. The summed E-state index contributed by atoms with van der Waals surface area (Å²) in [6.45, 7) is 5.45. The molecule has 2 aromatic carbocycles. The summed E-state index contributed by atoms with van der Waals surface area (Å²) in [5.74, 6) is 0.192. The van der Waals surface area contributed by atoms with Crippen molar-refractivity contribution in [1.29, 1.82) is 0 Å². The second-order valence-corrected chi connectivity index (χ2v) is 14.6. The lowest BCUT2D eigenvalue weighted by Crippen LogP contribution is -2.43. The van der Waals surface area contributed by atoms with Crippen LogP contribution >= 0.6 is 0 Å². The van der Waals surface area contributed by atoms with Crippen LogP contribution in [0.15, 0.2) is 96.4 Å². The van der Waals surface area contributed by atoms with Crippen LogP contribution in [0.1, 0.15) is 46.5 Å². The molecule has 0 aliphatic heterocycles. The van der Waals surface area contributed by atoms with Crippen molar-refractivity contribution < 1.29 is 22.7 Å². The van der Waals surface area contributed by atoms with Crippen molar-refractivity contribution in [3.8, 4) is 11.3 Å². The molecule has 0 saturated heterocycles. The highest BCUT2D eigenvalue weighted by Crippen LogP contribution is 2.29. The number of hydrogen-bond acceptors (Lipinski definition) is 9. The zero-order valence-electron chi connectivity index (χ0n) is 26.9. The molecule has 2 amide bonds. The first-order valence-electron chi connectivity index (χ1n) is 15.7. The Hall–Kier alpha value is -5.30. The molecule has 0 spiro atoms. The van der Waals surface area contributed by atoms with Crippen molar-refractivity contribution in [2.24, 2.45) is 5.92 Å². The molecule has 5 aromatic rings. The quantitative estimate of drug-likeness (QED) is 0.168. The number of aromatic nitrogens is 4. The molecular formula is C35H37N7O5S. The topological polar surface area (TPSA) is 157 Å². The highest BCUT2D eigenvalue weighted by molar-refractivity contribution is 7.90. The van der Waals surface area contributed by atoms with Crippen molar-refractivity contribution >= 4 is 50.2 Å². The molecule has 1 aliphatic rings. The highest BCUT2D eigenvalue weighted by atomic mass is 32.2. The van der Waals surface area contributed by atoms with Gasteiger partial charge < -0.3 is 20.7 Å². The van der Waals surface area contributed by atoms with Gasteiger partial charge in [-0.1, -0.05) is 30.7 Å². The fourth-order valence-corrected chi connectivity index (χ4v) is 7.05. The summed E-state index contributed by atoms with van der Waals surface area (Å²) in [4.78, 5) is 38.8. The van der Waals surface area contributed by atoms with Gasteiger partial charge in [0.15, 0.2) is 5.65 Å². The van der Waals surface area contributed by atoms with E-state index in [0.717, 1.165) is 19.3 Å². The number of carbonyl (C=O) groups excluding carboxylic acids is 2. The molecule has 1 fully saturated rings. The van der Waals surface area contributed by atoms with Crippen LogP contribution in [0.2, 0.25) is 0 Å². The Morgan fingerprint density at radius 2 is 1.71 bits per heavy atom. The minimum atomic E-state index is -3.80. The predicted octanol–water partition coefficient (Wildman–Crippen LogP) is 6.50. The molecule has 1 aliphatic carbocycles. The van der Waals surface area contributed by atoms with Gasteiger partial charge in [-0.3, -0.25) is 4.79 Å². The number of nitrogens with one attached hydrogen (secondary N) is 3. The van der Waals surface area contributed by atoms with Crippen molar-refractivity contribution in [1.82, 2.24) is 24.2 Å². The average Bonchev–Trinajstić information content (AvgIpc) is 3.49. The number of fused-ring (bicyclic) bond motifs is 1. The van der Waals surface area contributed by atoms with Gasteiger partial charge in [0.1, 0.15) is 17.7 Å². The van der Waals surface area contributed by atoms with Crippen molar-refractivity contribution in [3.63, 3.8) is 0 Å². The van der Waals surface area contributed by atoms with E-state index < -0.39 is 21.7 Å². The van der Waals surface area contributed by atoms with Gasteiger partial charge in [-0.05, 0) is 82.5 Å². The van der Waals surface area contributed by atoms with E-state index in [0.29, 0.717) is 45.9 Å². The number of alkyl carbamates (subject to hydrolysis) is 1. The molecule has 2 unspecified atom stereocenters. The number of rotatable bonds is 8. The Morgan fingerprint density at radius 3 is 2.50 bits per heavy atom. The van der Waals surface area contributed by atoms with Gasteiger partial charge >= 0.3 is 6.09 Å². The van der Waals surface area contributed by atoms with Crippen LogP contribution in [0, 0.1) is 5.92 Å². The molecule has 48 heavy (non-hydrogen) atoms. The third kappa shape index (κ3) is 7.63. The standard InChI is InChI=1S/C35H37N7O5S/c1-35(2,3)47-34(44)41-26-10-7-9-24(18-26)33(43)40-28-12-8-11-27(19-28)39-31-20-30(37-22-38-31)25-17-23-15-16-42(32(23)36-21-25)48(45,46)29-13-5-4-6-14-29/h4-6,8,11-17,19-22,24,26H,7,9-10,18H2,1-3H3,(H,40,43)(H,41,44)(H,37,38,39). The van der Waals surface area contributed by atoms with Crippen LogP contribution in [0.3, 0.4) is 0 Å². The molecule has 3 N–H and O–H groups in total. The summed E-state index contributed by atoms with van der Waals surface area (Å²) < 4.78 is 32.9. The van der Waals surface area contributed by atoms with E-state index in [9.17, 15) is 18.0 Å². The zero-order chi connectivity index (χ0) is 33.9. The second kappa shape index (κ2) is 13.4. The smallest absolute Gasteiger partial charge is 0.407 e. The number of hydrogen-bond donors (Lipinski definition) is 3. The first-order chi connectivity index (χ1) is 22.9. The molecule has 3 aromatic heterocycles. The van der Waals surface area contributed by atoms with E-state index in [-0.39, 0.29) is 22.8 Å². The molecule has 248 valence electrons. The molecule has 12 nitrogen and oxygen atoms in total. The maximum Gasteiger partial charge on any atom is 0.407 e. The molecule has 2 atom stereocenters. The highest BCUT2D eigenvalue weighted by Gasteiger charge is 2.29. The normalized spacial score (nSPS) is 16.6. The molecule has 3 heterocycles. The second-order valence-electron chi connectivity index (χ2n) is 12.8. The van der Waals surface area contributed by atoms with Crippen molar-refractivity contribution in [2.45, 2.75) is 63.0 Å². The van der Waals surface area contributed by atoms with Crippen LogP contribution < -0.4 is 16.0 Å². The Kier molecular flexibility index (Phi) is 9.13. The number of pyridine rings is 1. The summed E-state index contributed by atoms with van der Waals surface area (Å²) in [6.07, 6.45) is 6.97. The Bertz CT molecular complexity index is 2060. The number of ether oxygens (including phenoxy) is 1. The fraction of sp³-hybridized carbons (Fsp3) is 0.286. The molecular weight excluding hydrogens is 630 g/mol. The summed E-state index contributed by atoms with van der Waals surface area (Å²) in [6, 6.07) is 20.7. The maximum atomic E-state index is 13.2. The first kappa shape index (κ1) is 32.6. The lowest BCUT2D eigenvalue weighted by atomic mass is 9.85. The van der Waals surface area contributed by atoms with Gasteiger partial charge in [-0.2, -0.15) is 0 Å². The SMILES string of the molecule is CC(C)(C)OC(=O)NC1CCCC(C(=O)Nc2cccc(Nc3cc(-c4cnc5c(ccn5S(=O)(=O)c5ccccc5)c4)ncn3)c2)C1. The van der Waals surface area contributed by atoms with Crippen molar-refractivity contribution in [3.05, 3.63) is 91.5 Å². The maximum absolute atomic E-state index is 13.2. The number of anilines is 3. The number of benzene rings is 2. The monoisotopic (exact) mass is 667 g/mol. The van der Waals surface area contributed by atoms with Crippen LogP contribution in [0.5, 0.6) is 0 Å². The summed E-state index contributed by atoms with van der Waals surface area (Å²) in [7, 11) is -3.80. The Labute approximate surface area is 279 Å². The van der Waals surface area contributed by atoms with Gasteiger partial charge in [0, 0.05) is 52.7 Å². The van der Waals surface area contributed by atoms with E-state index in [1.165, 1.54) is 16.5 Å². The lowest BCUT2D eigenvalue weighted by Gasteiger charge is -2.30. The average molecular weight is 668 g/mol. The van der Waals surface area contributed by atoms with Crippen molar-refractivity contribution in [2.75, 3.05) is 10.6 Å². The largest absolute Gasteiger partial charge is 0.444 e. The van der Waals surface area contributed by atoms with E-state index >= 15 is 0 Å². The van der Waals surface area contributed by atoms with E-state index in [2.05, 4.69) is 30.9 Å². The van der Waals surface area contributed by atoms with Gasteiger partial charge in [0.2, 0.25) is 5.91 Å². The Balaban J connectivity index is 1.11.